The SMILES string of the molecule is C=CCn1c(SCc2nnc3n(C)c(=O)c4ccccc4n23)nnc1C1CC1. The highest BCUT2D eigenvalue weighted by Gasteiger charge is 2.30. The van der Waals surface area contributed by atoms with Crippen LogP contribution in [-0.4, -0.2) is 33.9 Å². The highest BCUT2D eigenvalue weighted by molar-refractivity contribution is 7.98. The molecule has 0 amide bonds. The second kappa shape index (κ2) is 6.59. The second-order valence-electron chi connectivity index (χ2n) is 6.94. The molecule has 1 fully saturated rings. The molecular weight excluding hydrogens is 374 g/mol. The van der Waals surface area contributed by atoms with Crippen LogP contribution < -0.4 is 5.56 Å². The number of benzene rings is 1. The topological polar surface area (TPSA) is 82.9 Å². The first-order valence-electron chi connectivity index (χ1n) is 9.17. The molecule has 0 atom stereocenters. The summed E-state index contributed by atoms with van der Waals surface area (Å²) in [5.74, 6) is 3.44. The summed E-state index contributed by atoms with van der Waals surface area (Å²) in [5.41, 5.74) is 0.738. The van der Waals surface area contributed by atoms with Crippen LogP contribution in [0.1, 0.15) is 30.4 Å². The summed E-state index contributed by atoms with van der Waals surface area (Å²) >= 11 is 1.58. The standard InChI is InChI=1S/C19H19N7OS/c1-3-10-25-16(12-8-9-12)21-23-19(25)28-11-15-20-22-18-24(2)17(27)13-6-4-5-7-14(13)26(15)18/h3-7,12H,1,8-11H2,2H3. The van der Waals surface area contributed by atoms with E-state index in [2.05, 4.69) is 31.5 Å². The zero-order valence-electron chi connectivity index (χ0n) is 15.4. The zero-order valence-corrected chi connectivity index (χ0v) is 16.3. The third kappa shape index (κ3) is 2.65. The number of rotatable bonds is 6. The third-order valence-electron chi connectivity index (χ3n) is 5.02. The largest absolute Gasteiger partial charge is 0.302 e. The zero-order chi connectivity index (χ0) is 19.3. The van der Waals surface area contributed by atoms with Crippen LogP contribution in [0.4, 0.5) is 0 Å². The average Bonchev–Trinajstić information content (AvgIpc) is 3.34. The first-order valence-corrected chi connectivity index (χ1v) is 10.2. The van der Waals surface area contributed by atoms with Gasteiger partial charge in [0.2, 0.25) is 5.78 Å². The first-order chi connectivity index (χ1) is 13.7. The van der Waals surface area contributed by atoms with Gasteiger partial charge in [-0.3, -0.25) is 13.8 Å². The molecule has 0 saturated heterocycles. The van der Waals surface area contributed by atoms with Crippen LogP contribution in [0.3, 0.4) is 0 Å². The molecular formula is C19H19N7OS. The van der Waals surface area contributed by atoms with Gasteiger partial charge >= 0.3 is 0 Å². The minimum Gasteiger partial charge on any atom is -0.302 e. The molecule has 0 N–H and O–H groups in total. The maximum absolute atomic E-state index is 12.6. The van der Waals surface area contributed by atoms with Gasteiger partial charge in [0, 0.05) is 19.5 Å². The highest BCUT2D eigenvalue weighted by Crippen LogP contribution is 2.40. The van der Waals surface area contributed by atoms with Gasteiger partial charge in [-0.2, -0.15) is 0 Å². The number of hydrogen-bond donors (Lipinski definition) is 0. The lowest BCUT2D eigenvalue weighted by Gasteiger charge is -2.08. The predicted octanol–water partition coefficient (Wildman–Crippen LogP) is 2.53. The van der Waals surface area contributed by atoms with E-state index in [0.29, 0.717) is 29.4 Å². The van der Waals surface area contributed by atoms with E-state index in [4.69, 9.17) is 0 Å². The average molecular weight is 393 g/mol. The summed E-state index contributed by atoms with van der Waals surface area (Å²) in [7, 11) is 1.72. The highest BCUT2D eigenvalue weighted by atomic mass is 32.2. The number of aryl methyl sites for hydroxylation is 1. The Morgan fingerprint density at radius 2 is 2.04 bits per heavy atom. The van der Waals surface area contributed by atoms with Crippen molar-refractivity contribution in [1.29, 1.82) is 0 Å². The molecule has 0 spiro atoms. The van der Waals surface area contributed by atoms with Crippen LogP contribution in [0.25, 0.3) is 16.7 Å². The number of thioether (sulfide) groups is 1. The summed E-state index contributed by atoms with van der Waals surface area (Å²) in [5, 5.41) is 18.9. The van der Waals surface area contributed by atoms with Crippen molar-refractivity contribution >= 4 is 28.4 Å². The van der Waals surface area contributed by atoms with Gasteiger partial charge in [-0.15, -0.1) is 27.0 Å². The van der Waals surface area contributed by atoms with E-state index in [1.54, 1.807) is 18.8 Å². The van der Waals surface area contributed by atoms with Crippen LogP contribution in [0.5, 0.6) is 0 Å². The van der Waals surface area contributed by atoms with Crippen molar-refractivity contribution < 1.29 is 0 Å². The van der Waals surface area contributed by atoms with Crippen LogP contribution in [0, 0.1) is 0 Å². The molecule has 8 nitrogen and oxygen atoms in total. The second-order valence-corrected chi connectivity index (χ2v) is 7.88. The van der Waals surface area contributed by atoms with Crippen LogP contribution in [0.15, 0.2) is 46.9 Å². The molecule has 0 bridgehead atoms. The van der Waals surface area contributed by atoms with Crippen molar-refractivity contribution in [3.63, 3.8) is 0 Å². The Kier molecular flexibility index (Phi) is 4.04. The summed E-state index contributed by atoms with van der Waals surface area (Å²) in [6, 6.07) is 7.54. The molecule has 5 rings (SSSR count). The summed E-state index contributed by atoms with van der Waals surface area (Å²) < 4.78 is 5.61. The van der Waals surface area contributed by atoms with E-state index in [1.165, 1.54) is 17.4 Å². The summed E-state index contributed by atoms with van der Waals surface area (Å²) in [6.45, 7) is 4.55. The van der Waals surface area contributed by atoms with Gasteiger partial charge in [0.05, 0.1) is 16.7 Å². The lowest BCUT2D eigenvalue weighted by atomic mass is 10.2. The van der Waals surface area contributed by atoms with Crippen molar-refractivity contribution in [2.75, 3.05) is 0 Å². The molecule has 3 heterocycles. The number of para-hydroxylation sites is 1. The van der Waals surface area contributed by atoms with Gasteiger partial charge in [0.25, 0.3) is 5.56 Å². The van der Waals surface area contributed by atoms with E-state index >= 15 is 0 Å². The maximum atomic E-state index is 12.6. The number of aromatic nitrogens is 7. The fourth-order valence-electron chi connectivity index (χ4n) is 3.47. The molecule has 0 aliphatic heterocycles. The molecule has 9 heteroatoms. The minimum atomic E-state index is -0.0745. The van der Waals surface area contributed by atoms with Gasteiger partial charge in [-0.25, -0.2) is 0 Å². The molecule has 142 valence electrons. The minimum absolute atomic E-state index is 0.0745. The molecule has 0 unspecified atom stereocenters. The van der Waals surface area contributed by atoms with Gasteiger partial charge < -0.3 is 4.57 Å². The van der Waals surface area contributed by atoms with E-state index < -0.39 is 0 Å². The Morgan fingerprint density at radius 3 is 2.82 bits per heavy atom. The fraction of sp³-hybridized carbons (Fsp3) is 0.316. The number of fused-ring (bicyclic) bond motifs is 3. The normalized spacial score (nSPS) is 14.2. The van der Waals surface area contributed by atoms with Crippen molar-refractivity contribution in [3.05, 3.63) is 58.9 Å². The van der Waals surface area contributed by atoms with Crippen LogP contribution >= 0.6 is 11.8 Å². The Hall–Kier alpha value is -2.94. The van der Waals surface area contributed by atoms with Crippen LogP contribution in [-0.2, 0) is 19.3 Å². The van der Waals surface area contributed by atoms with E-state index in [0.717, 1.165) is 22.3 Å². The lowest BCUT2D eigenvalue weighted by Crippen LogP contribution is -2.20. The van der Waals surface area contributed by atoms with Crippen molar-refractivity contribution in [2.24, 2.45) is 7.05 Å². The Labute approximate surface area is 164 Å². The van der Waals surface area contributed by atoms with Crippen molar-refractivity contribution in [2.45, 2.75) is 36.2 Å². The molecule has 1 aliphatic rings. The first kappa shape index (κ1) is 17.2. The quantitative estimate of drug-likeness (QED) is 0.370. The fourth-order valence-corrected chi connectivity index (χ4v) is 4.33. The van der Waals surface area contributed by atoms with Crippen molar-refractivity contribution in [3.8, 4) is 0 Å². The Morgan fingerprint density at radius 1 is 1.21 bits per heavy atom. The summed E-state index contributed by atoms with van der Waals surface area (Å²) in [4.78, 5) is 12.6. The molecule has 1 aliphatic carbocycles. The van der Waals surface area contributed by atoms with Crippen LogP contribution in [0.2, 0.25) is 0 Å². The lowest BCUT2D eigenvalue weighted by molar-refractivity contribution is 0.681. The van der Waals surface area contributed by atoms with Crippen molar-refractivity contribution in [1.82, 2.24) is 33.9 Å². The van der Waals surface area contributed by atoms with E-state index in [9.17, 15) is 4.79 Å². The third-order valence-corrected chi connectivity index (χ3v) is 5.99. The monoisotopic (exact) mass is 393 g/mol. The predicted molar refractivity (Wildman–Crippen MR) is 107 cm³/mol. The molecule has 4 aromatic rings. The van der Waals surface area contributed by atoms with E-state index in [-0.39, 0.29) is 5.56 Å². The summed E-state index contributed by atoms with van der Waals surface area (Å²) in [6.07, 6.45) is 4.22. The number of hydrogen-bond acceptors (Lipinski definition) is 6. The molecule has 28 heavy (non-hydrogen) atoms. The maximum Gasteiger partial charge on any atom is 0.262 e. The Bertz CT molecular complexity index is 1260. The Balaban J connectivity index is 1.55. The molecule has 0 radical (unpaired) electrons. The van der Waals surface area contributed by atoms with Gasteiger partial charge in [-0.05, 0) is 25.0 Å². The van der Waals surface area contributed by atoms with Gasteiger partial charge in [0.15, 0.2) is 5.16 Å². The number of allylic oxidation sites excluding steroid dienone is 1. The molecule has 1 saturated carbocycles. The molecule has 3 aromatic heterocycles. The number of nitrogens with zero attached hydrogens (tertiary/aromatic N) is 7. The smallest absolute Gasteiger partial charge is 0.262 e. The molecule has 1 aromatic carbocycles. The van der Waals surface area contributed by atoms with E-state index in [1.807, 2.05) is 34.7 Å². The van der Waals surface area contributed by atoms with Gasteiger partial charge in [0.1, 0.15) is 11.6 Å². The van der Waals surface area contributed by atoms with Gasteiger partial charge in [-0.1, -0.05) is 30.0 Å².